The van der Waals surface area contributed by atoms with Crippen molar-refractivity contribution in [2.24, 2.45) is 0 Å². The van der Waals surface area contributed by atoms with Crippen molar-refractivity contribution in [2.45, 2.75) is 26.2 Å². The summed E-state index contributed by atoms with van der Waals surface area (Å²) in [6.07, 6.45) is 0. The number of rotatable bonds is 0. The van der Waals surface area contributed by atoms with Crippen LogP contribution in [0.3, 0.4) is 0 Å². The molecule has 5 aromatic rings. The third-order valence-electron chi connectivity index (χ3n) is 5.44. The highest BCUT2D eigenvalue weighted by Gasteiger charge is 2.16. The van der Waals surface area contributed by atoms with Gasteiger partial charge < -0.3 is 0 Å². The third-order valence-corrected chi connectivity index (χ3v) is 7.26. The monoisotopic (exact) mass is 446 g/mol. The number of fused-ring (bicyclic) bond motifs is 4. The Morgan fingerprint density at radius 2 is 1.46 bits per heavy atom. The summed E-state index contributed by atoms with van der Waals surface area (Å²) in [6.45, 7) is 6.54. The van der Waals surface area contributed by atoms with Crippen LogP contribution in [0, 0.1) is 0 Å². The summed E-state index contributed by atoms with van der Waals surface area (Å²) in [7, 11) is 0. The van der Waals surface area contributed by atoms with Gasteiger partial charge >= 0.3 is 0 Å². The van der Waals surface area contributed by atoms with E-state index in [2.05, 4.69) is 97.4 Å². The molecule has 0 spiro atoms. The summed E-state index contributed by atoms with van der Waals surface area (Å²) >= 11 is 5.35. The molecule has 0 atom stereocenters. The molecule has 0 amide bonds. The van der Waals surface area contributed by atoms with E-state index < -0.39 is 0 Å². The van der Waals surface area contributed by atoms with Gasteiger partial charge in [0.25, 0.3) is 0 Å². The molecule has 0 aliphatic carbocycles. The molecule has 0 unspecified atom stereocenters. The maximum atomic E-state index is 13.3. The molecule has 138 valence electrons. The summed E-state index contributed by atoms with van der Waals surface area (Å²) in [5, 5.41) is 6.26. The van der Waals surface area contributed by atoms with Gasteiger partial charge in [-0.15, -0.1) is 11.3 Å². The largest absolute Gasteiger partial charge is 0.289 e. The van der Waals surface area contributed by atoms with E-state index in [1.807, 2.05) is 0 Å². The van der Waals surface area contributed by atoms with Gasteiger partial charge in [0.2, 0.25) is 0 Å². The molecular weight excluding hydrogens is 428 g/mol. The van der Waals surface area contributed by atoms with Crippen molar-refractivity contribution in [3.05, 3.63) is 80.9 Å². The van der Waals surface area contributed by atoms with Gasteiger partial charge in [0, 0.05) is 24.6 Å². The standard InChI is InChI=1S/C25H19BrOS/c1-25(2,3)17-7-8-22-20(13-17)24(27)19-11-16-10-18-14(5-4-6-21(18)26)9-15(16)12-23(19)28-22/h4-13H,1-3H3. The fraction of sp³-hybridized carbons (Fsp3) is 0.160. The van der Waals surface area contributed by atoms with Crippen LogP contribution in [0.4, 0.5) is 0 Å². The van der Waals surface area contributed by atoms with E-state index in [1.54, 1.807) is 11.3 Å². The summed E-state index contributed by atoms with van der Waals surface area (Å²) in [6, 6.07) is 21.2. The zero-order valence-electron chi connectivity index (χ0n) is 16.0. The van der Waals surface area contributed by atoms with E-state index in [-0.39, 0.29) is 10.8 Å². The first-order valence-electron chi connectivity index (χ1n) is 9.34. The van der Waals surface area contributed by atoms with Crippen molar-refractivity contribution in [3.8, 4) is 0 Å². The fourth-order valence-electron chi connectivity index (χ4n) is 3.81. The average Bonchev–Trinajstić information content (AvgIpc) is 2.65. The zero-order valence-corrected chi connectivity index (χ0v) is 18.4. The molecule has 0 bridgehead atoms. The first kappa shape index (κ1) is 17.8. The number of halogens is 1. The van der Waals surface area contributed by atoms with Crippen LogP contribution in [0.2, 0.25) is 0 Å². The van der Waals surface area contributed by atoms with Crippen molar-refractivity contribution in [3.63, 3.8) is 0 Å². The third kappa shape index (κ3) is 2.76. The molecule has 1 heterocycles. The van der Waals surface area contributed by atoms with Gasteiger partial charge in [-0.3, -0.25) is 4.79 Å². The molecule has 0 fully saturated rings. The predicted molar refractivity (Wildman–Crippen MR) is 127 cm³/mol. The highest BCUT2D eigenvalue weighted by Crippen LogP contribution is 2.34. The van der Waals surface area contributed by atoms with E-state index in [0.717, 1.165) is 30.0 Å². The molecule has 0 aliphatic heterocycles. The molecule has 1 aromatic heterocycles. The van der Waals surface area contributed by atoms with Crippen LogP contribution >= 0.6 is 27.3 Å². The first-order valence-corrected chi connectivity index (χ1v) is 11.0. The van der Waals surface area contributed by atoms with E-state index in [4.69, 9.17) is 0 Å². The molecule has 0 aliphatic rings. The smallest absolute Gasteiger partial charge is 0.195 e. The quantitative estimate of drug-likeness (QED) is 0.222. The van der Waals surface area contributed by atoms with Crippen LogP contribution < -0.4 is 5.43 Å². The highest BCUT2D eigenvalue weighted by atomic mass is 79.9. The van der Waals surface area contributed by atoms with E-state index >= 15 is 0 Å². The van der Waals surface area contributed by atoms with Crippen molar-refractivity contribution in [1.29, 1.82) is 0 Å². The predicted octanol–water partition coefficient (Wildman–Crippen LogP) is 7.78. The van der Waals surface area contributed by atoms with E-state index in [1.165, 1.54) is 21.7 Å². The molecule has 0 N–H and O–H groups in total. The van der Waals surface area contributed by atoms with Crippen molar-refractivity contribution >= 4 is 69.0 Å². The summed E-state index contributed by atoms with van der Waals surface area (Å²) in [5.41, 5.74) is 1.35. The summed E-state index contributed by atoms with van der Waals surface area (Å²) < 4.78 is 3.17. The van der Waals surface area contributed by atoms with Gasteiger partial charge in [-0.25, -0.2) is 0 Å². The Morgan fingerprint density at radius 1 is 0.750 bits per heavy atom. The molecule has 0 radical (unpaired) electrons. The van der Waals surface area contributed by atoms with Crippen LogP contribution in [0.5, 0.6) is 0 Å². The maximum absolute atomic E-state index is 13.3. The number of hydrogen-bond acceptors (Lipinski definition) is 2. The second-order valence-electron chi connectivity index (χ2n) is 8.40. The van der Waals surface area contributed by atoms with Crippen LogP contribution in [0.1, 0.15) is 26.3 Å². The molecule has 28 heavy (non-hydrogen) atoms. The topological polar surface area (TPSA) is 17.1 Å². The molecule has 0 saturated heterocycles. The van der Waals surface area contributed by atoms with Crippen LogP contribution in [-0.4, -0.2) is 0 Å². The Kier molecular flexibility index (Phi) is 3.91. The summed E-state index contributed by atoms with van der Waals surface area (Å²) in [5.74, 6) is 0. The van der Waals surface area contributed by atoms with E-state index in [0.29, 0.717) is 0 Å². The Hall–Kier alpha value is -2.23. The van der Waals surface area contributed by atoms with Gasteiger partial charge in [-0.1, -0.05) is 54.9 Å². The number of hydrogen-bond donors (Lipinski definition) is 0. The summed E-state index contributed by atoms with van der Waals surface area (Å²) in [4.78, 5) is 13.3. The highest BCUT2D eigenvalue weighted by molar-refractivity contribution is 9.10. The van der Waals surface area contributed by atoms with Gasteiger partial charge in [0.15, 0.2) is 5.43 Å². The van der Waals surface area contributed by atoms with Crippen molar-refractivity contribution < 1.29 is 0 Å². The lowest BCUT2D eigenvalue weighted by molar-refractivity contribution is 0.591. The molecule has 0 saturated carbocycles. The zero-order chi connectivity index (χ0) is 19.6. The Balaban J connectivity index is 1.88. The first-order chi connectivity index (χ1) is 13.3. The molecular formula is C25H19BrOS. The second kappa shape index (κ2) is 6.13. The van der Waals surface area contributed by atoms with Crippen LogP contribution in [-0.2, 0) is 5.41 Å². The normalized spacial score (nSPS) is 12.4. The molecule has 4 aromatic carbocycles. The Bertz CT molecular complexity index is 1470. The fourth-order valence-corrected chi connectivity index (χ4v) is 5.38. The minimum Gasteiger partial charge on any atom is -0.289 e. The maximum Gasteiger partial charge on any atom is 0.195 e. The SMILES string of the molecule is CC(C)(C)c1ccc2sc3cc4cc5cccc(Br)c5cc4cc3c(=O)c2c1. The lowest BCUT2D eigenvalue weighted by Crippen LogP contribution is -2.12. The van der Waals surface area contributed by atoms with Gasteiger partial charge in [-0.05, 0) is 75.0 Å². The van der Waals surface area contributed by atoms with Crippen LogP contribution in [0.15, 0.2) is 69.9 Å². The van der Waals surface area contributed by atoms with Gasteiger partial charge in [0.05, 0.1) is 0 Å². The molecule has 5 rings (SSSR count). The Morgan fingerprint density at radius 3 is 2.25 bits per heavy atom. The average molecular weight is 447 g/mol. The van der Waals surface area contributed by atoms with Crippen molar-refractivity contribution in [2.75, 3.05) is 0 Å². The lowest BCUT2D eigenvalue weighted by atomic mass is 9.86. The van der Waals surface area contributed by atoms with Crippen LogP contribution in [0.25, 0.3) is 41.7 Å². The molecule has 3 heteroatoms. The molecule has 1 nitrogen and oxygen atoms in total. The van der Waals surface area contributed by atoms with E-state index in [9.17, 15) is 4.79 Å². The lowest BCUT2D eigenvalue weighted by Gasteiger charge is -2.19. The second-order valence-corrected chi connectivity index (χ2v) is 10.3. The minimum absolute atomic E-state index is 0.0226. The van der Waals surface area contributed by atoms with Crippen molar-refractivity contribution in [1.82, 2.24) is 0 Å². The minimum atomic E-state index is 0.0226. The number of benzene rings is 4. The van der Waals surface area contributed by atoms with Gasteiger partial charge in [-0.2, -0.15) is 0 Å². The Labute approximate surface area is 175 Å². The van der Waals surface area contributed by atoms with Gasteiger partial charge in [0.1, 0.15) is 0 Å².